The van der Waals surface area contributed by atoms with Crippen LogP contribution in [0.4, 0.5) is 5.69 Å². The van der Waals surface area contributed by atoms with Crippen molar-refractivity contribution in [2.75, 3.05) is 13.2 Å². The van der Waals surface area contributed by atoms with E-state index in [2.05, 4.69) is 0 Å². The van der Waals surface area contributed by atoms with E-state index >= 15 is 0 Å². The first-order valence-electron chi connectivity index (χ1n) is 4.45. The number of nitro groups is 1. The van der Waals surface area contributed by atoms with Crippen LogP contribution in [0, 0.1) is 10.1 Å². The van der Waals surface area contributed by atoms with Gasteiger partial charge in [0.15, 0.2) is 16.4 Å². The van der Waals surface area contributed by atoms with E-state index in [9.17, 15) is 18.5 Å². The molecule has 92 valence electrons. The normalized spacial score (nSPS) is 14.4. The Morgan fingerprint density at radius 1 is 1.24 bits per heavy atom. The fourth-order valence-electron chi connectivity index (χ4n) is 1.41. The predicted octanol–water partition coefficient (Wildman–Crippen LogP) is 0.613. The van der Waals surface area contributed by atoms with Crippen molar-refractivity contribution in [3.63, 3.8) is 0 Å². The molecule has 1 aliphatic rings. The third kappa shape index (κ3) is 2.15. The smallest absolute Gasteiger partial charge is 0.301 e. The van der Waals surface area contributed by atoms with Crippen molar-refractivity contribution in [3.05, 3.63) is 22.2 Å². The third-order valence-corrected chi connectivity index (χ3v) is 2.98. The van der Waals surface area contributed by atoms with Gasteiger partial charge in [0.1, 0.15) is 13.2 Å². The lowest BCUT2D eigenvalue weighted by Gasteiger charge is -2.18. The zero-order valence-corrected chi connectivity index (χ0v) is 9.14. The first kappa shape index (κ1) is 11.6. The molecule has 0 bridgehead atoms. The van der Waals surface area contributed by atoms with Gasteiger partial charge in [0.25, 0.3) is 5.69 Å². The van der Waals surface area contributed by atoms with Gasteiger partial charge >= 0.3 is 10.1 Å². The molecule has 8 nitrogen and oxygen atoms in total. The van der Waals surface area contributed by atoms with Gasteiger partial charge in [-0.25, -0.2) is 0 Å². The topological polar surface area (TPSA) is 116 Å². The monoisotopic (exact) mass is 261 g/mol. The van der Waals surface area contributed by atoms with E-state index in [-0.39, 0.29) is 24.7 Å². The quantitative estimate of drug-likeness (QED) is 0.471. The van der Waals surface area contributed by atoms with Gasteiger partial charge in [0, 0.05) is 6.07 Å². The highest BCUT2D eigenvalue weighted by molar-refractivity contribution is 7.86. The second kappa shape index (κ2) is 3.86. The summed E-state index contributed by atoms with van der Waals surface area (Å²) >= 11 is 0. The molecule has 0 amide bonds. The molecule has 0 saturated heterocycles. The van der Waals surface area contributed by atoms with Crippen LogP contribution in [0.1, 0.15) is 0 Å². The summed E-state index contributed by atoms with van der Waals surface area (Å²) in [6.07, 6.45) is 0. The van der Waals surface area contributed by atoms with Crippen molar-refractivity contribution < 1.29 is 27.4 Å². The Kier molecular flexibility index (Phi) is 2.63. The van der Waals surface area contributed by atoms with Gasteiger partial charge in [0.2, 0.25) is 0 Å². The predicted molar refractivity (Wildman–Crippen MR) is 53.9 cm³/mol. The van der Waals surface area contributed by atoms with Crippen LogP contribution in [0.5, 0.6) is 11.5 Å². The number of hydrogen-bond donors (Lipinski definition) is 1. The Morgan fingerprint density at radius 3 is 2.24 bits per heavy atom. The Balaban J connectivity index is 2.69. The fraction of sp³-hybridized carbons (Fsp3) is 0.250. The van der Waals surface area contributed by atoms with Crippen LogP contribution in [-0.2, 0) is 10.1 Å². The summed E-state index contributed by atoms with van der Waals surface area (Å²) in [5.74, 6) is 0.129. The number of hydrogen-bond acceptors (Lipinski definition) is 6. The van der Waals surface area contributed by atoms with Crippen molar-refractivity contribution in [1.82, 2.24) is 0 Å². The highest BCUT2D eigenvalue weighted by Gasteiger charge is 2.28. The van der Waals surface area contributed by atoms with Crippen LogP contribution in [0.15, 0.2) is 17.0 Å². The van der Waals surface area contributed by atoms with Crippen LogP contribution in [0.3, 0.4) is 0 Å². The highest BCUT2D eigenvalue weighted by Crippen LogP contribution is 2.38. The Hall–Kier alpha value is -1.87. The van der Waals surface area contributed by atoms with E-state index < -0.39 is 25.6 Å². The lowest BCUT2D eigenvalue weighted by molar-refractivity contribution is -0.388. The molecule has 2 rings (SSSR count). The Morgan fingerprint density at radius 2 is 1.76 bits per heavy atom. The minimum atomic E-state index is -4.69. The molecule has 0 atom stereocenters. The molecule has 1 aromatic rings. The van der Waals surface area contributed by atoms with E-state index in [1.807, 2.05) is 0 Å². The average Bonchev–Trinajstić information content (AvgIpc) is 2.26. The maximum atomic E-state index is 11.0. The molecule has 0 spiro atoms. The maximum absolute atomic E-state index is 11.0. The summed E-state index contributed by atoms with van der Waals surface area (Å²) in [4.78, 5) is 8.96. The molecule has 0 aromatic heterocycles. The summed E-state index contributed by atoms with van der Waals surface area (Å²) in [7, 11) is -4.69. The number of benzene rings is 1. The van der Waals surface area contributed by atoms with Crippen molar-refractivity contribution in [1.29, 1.82) is 0 Å². The van der Waals surface area contributed by atoms with Gasteiger partial charge < -0.3 is 9.47 Å². The van der Waals surface area contributed by atoms with Gasteiger partial charge in [-0.3, -0.25) is 14.7 Å². The number of nitro benzene ring substituents is 1. The lowest BCUT2D eigenvalue weighted by Crippen LogP contribution is -2.16. The second-order valence-corrected chi connectivity index (χ2v) is 4.59. The zero-order valence-electron chi connectivity index (χ0n) is 8.32. The van der Waals surface area contributed by atoms with Crippen molar-refractivity contribution in [3.8, 4) is 11.5 Å². The summed E-state index contributed by atoms with van der Waals surface area (Å²) in [6.45, 7) is 0.422. The van der Waals surface area contributed by atoms with Crippen LogP contribution >= 0.6 is 0 Å². The number of rotatable bonds is 2. The van der Waals surface area contributed by atoms with Gasteiger partial charge in [0.05, 0.1) is 11.0 Å². The van der Waals surface area contributed by atoms with Gasteiger partial charge in [-0.05, 0) is 0 Å². The number of ether oxygens (including phenoxy) is 2. The Labute approximate surface area is 95.7 Å². The second-order valence-electron chi connectivity index (χ2n) is 3.20. The Bertz CT molecular complexity index is 580. The SMILES string of the molecule is O=[N+]([O-])c1cc2c(cc1S(=O)(=O)O)OCCO2. The summed E-state index contributed by atoms with van der Waals surface area (Å²) in [5.41, 5.74) is -0.753. The molecule has 9 heteroatoms. The summed E-state index contributed by atoms with van der Waals surface area (Å²) in [5, 5.41) is 10.7. The largest absolute Gasteiger partial charge is 0.486 e. The van der Waals surface area contributed by atoms with E-state index in [1.54, 1.807) is 0 Å². The minimum absolute atomic E-state index is 0.0504. The first-order chi connectivity index (χ1) is 7.89. The molecule has 1 N–H and O–H groups in total. The molecule has 1 heterocycles. The van der Waals surface area contributed by atoms with Crippen molar-refractivity contribution in [2.45, 2.75) is 4.90 Å². The summed E-state index contributed by atoms with van der Waals surface area (Å²) < 4.78 is 41.0. The lowest BCUT2D eigenvalue weighted by atomic mass is 10.2. The third-order valence-electron chi connectivity index (χ3n) is 2.10. The van der Waals surface area contributed by atoms with Gasteiger partial charge in [-0.1, -0.05) is 0 Å². The van der Waals surface area contributed by atoms with Gasteiger partial charge in [-0.15, -0.1) is 0 Å². The van der Waals surface area contributed by atoms with Crippen molar-refractivity contribution >= 4 is 15.8 Å². The van der Waals surface area contributed by atoms with Crippen molar-refractivity contribution in [2.24, 2.45) is 0 Å². The maximum Gasteiger partial charge on any atom is 0.301 e. The summed E-state index contributed by atoms with van der Waals surface area (Å²) in [6, 6.07) is 1.79. The first-order valence-corrected chi connectivity index (χ1v) is 5.89. The number of fused-ring (bicyclic) bond motifs is 1. The van der Waals surface area contributed by atoms with E-state index in [1.165, 1.54) is 0 Å². The van der Waals surface area contributed by atoms with E-state index in [0.717, 1.165) is 12.1 Å². The molecule has 17 heavy (non-hydrogen) atoms. The minimum Gasteiger partial charge on any atom is -0.486 e. The molecule has 0 saturated carbocycles. The van der Waals surface area contributed by atoms with Crippen LogP contribution in [0.2, 0.25) is 0 Å². The average molecular weight is 261 g/mol. The molecule has 0 fully saturated rings. The highest BCUT2D eigenvalue weighted by atomic mass is 32.2. The van der Waals surface area contributed by atoms with Crippen LogP contribution in [0.25, 0.3) is 0 Å². The standard InChI is InChI=1S/C8H7NO7S/c10-9(11)5-3-6-7(16-2-1-15-6)4-8(5)17(12,13)14/h3-4H,1-2H2,(H,12,13,14). The van der Waals surface area contributed by atoms with Crippen LogP contribution in [-0.4, -0.2) is 31.1 Å². The zero-order chi connectivity index (χ0) is 12.6. The number of nitrogens with zero attached hydrogens (tertiary/aromatic N) is 1. The van der Waals surface area contributed by atoms with E-state index in [4.69, 9.17) is 14.0 Å². The van der Waals surface area contributed by atoms with Gasteiger partial charge in [-0.2, -0.15) is 8.42 Å². The molecule has 1 aromatic carbocycles. The van der Waals surface area contributed by atoms with Crippen LogP contribution < -0.4 is 9.47 Å². The van der Waals surface area contributed by atoms with E-state index in [0.29, 0.717) is 0 Å². The molecule has 0 radical (unpaired) electrons. The fourth-order valence-corrected chi connectivity index (χ4v) is 2.06. The molecule has 1 aliphatic heterocycles. The molecule has 0 aliphatic carbocycles. The molecular formula is C8H7NO7S. The molecule has 0 unspecified atom stereocenters. The molecular weight excluding hydrogens is 254 g/mol.